The topological polar surface area (TPSA) is 104 Å². The van der Waals surface area contributed by atoms with Crippen LogP contribution >= 0.6 is 23.4 Å². The van der Waals surface area contributed by atoms with Crippen molar-refractivity contribution in [3.63, 3.8) is 0 Å². The molecular formula is C31H34ClFN6O3S. The Labute approximate surface area is 258 Å². The third-order valence-electron chi connectivity index (χ3n) is 7.93. The Kier molecular flexibility index (Phi) is 8.58. The summed E-state index contributed by atoms with van der Waals surface area (Å²) in [5, 5.41) is 14.6. The molecule has 2 aliphatic rings. The molecule has 226 valence electrons. The van der Waals surface area contributed by atoms with E-state index in [0.717, 1.165) is 4.91 Å². The summed E-state index contributed by atoms with van der Waals surface area (Å²) in [4.78, 5) is 40.6. The van der Waals surface area contributed by atoms with Gasteiger partial charge in [0.2, 0.25) is 5.91 Å². The number of rotatable bonds is 6. The van der Waals surface area contributed by atoms with Crippen molar-refractivity contribution in [1.82, 2.24) is 24.8 Å². The molecule has 3 aromatic rings. The molecule has 1 fully saturated rings. The van der Waals surface area contributed by atoms with Gasteiger partial charge in [0.1, 0.15) is 17.4 Å². The molecule has 0 unspecified atom stereocenters. The number of benzene rings is 1. The molecular weight excluding hydrogens is 591 g/mol. The monoisotopic (exact) mass is 624 g/mol. The summed E-state index contributed by atoms with van der Waals surface area (Å²) in [6.45, 7) is 12.4. The number of aromatic nitrogens is 3. The van der Waals surface area contributed by atoms with Gasteiger partial charge in [-0.25, -0.2) is 18.7 Å². The molecule has 0 saturated carbocycles. The fraction of sp³-hybridized carbons (Fsp3) is 0.355. The number of hydrogen-bond acceptors (Lipinski definition) is 8. The normalized spacial score (nSPS) is 20.6. The van der Waals surface area contributed by atoms with Gasteiger partial charge in [-0.15, -0.1) is 11.8 Å². The number of carbonyl (C=O) groups excluding carboxylic acids is 1. The molecule has 0 bridgehead atoms. The Hall–Kier alpha value is -3.83. The zero-order valence-electron chi connectivity index (χ0n) is 24.6. The minimum Gasteiger partial charge on any atom is -0.507 e. The van der Waals surface area contributed by atoms with E-state index in [9.17, 15) is 14.7 Å². The second kappa shape index (κ2) is 12.0. The molecule has 1 saturated heterocycles. The van der Waals surface area contributed by atoms with E-state index in [0.29, 0.717) is 30.0 Å². The fourth-order valence-corrected chi connectivity index (χ4v) is 6.66. The molecule has 9 nitrogen and oxygen atoms in total. The number of aromatic hydroxyl groups is 1. The van der Waals surface area contributed by atoms with Gasteiger partial charge >= 0.3 is 5.69 Å². The molecule has 5 rings (SSSR count). The number of nitrogens with one attached hydrogen (secondary N) is 1. The number of halogens is 2. The number of pyridine rings is 1. The van der Waals surface area contributed by atoms with Gasteiger partial charge in [-0.3, -0.25) is 4.79 Å². The Balaban J connectivity index is 1.83. The lowest BCUT2D eigenvalue weighted by Gasteiger charge is -2.44. The summed E-state index contributed by atoms with van der Waals surface area (Å²) >= 11 is 8.27. The minimum atomic E-state index is -0.700. The van der Waals surface area contributed by atoms with E-state index >= 15 is 4.39 Å². The number of anilines is 1. The predicted octanol–water partition coefficient (Wildman–Crippen LogP) is 5.24. The van der Waals surface area contributed by atoms with Crippen LogP contribution in [0.3, 0.4) is 0 Å². The van der Waals surface area contributed by atoms with E-state index in [4.69, 9.17) is 16.6 Å². The lowest BCUT2D eigenvalue weighted by Crippen LogP contribution is -2.58. The zero-order chi connectivity index (χ0) is 31.2. The maximum atomic E-state index is 15.1. The molecule has 0 radical (unpaired) electrons. The fourth-order valence-electron chi connectivity index (χ4n) is 5.79. The van der Waals surface area contributed by atoms with Crippen LogP contribution < -0.4 is 15.9 Å². The third-order valence-corrected chi connectivity index (χ3v) is 9.00. The van der Waals surface area contributed by atoms with Crippen molar-refractivity contribution in [2.45, 2.75) is 45.8 Å². The maximum Gasteiger partial charge on any atom is 0.355 e. The summed E-state index contributed by atoms with van der Waals surface area (Å²) in [7, 11) is 0. The second-order valence-electron chi connectivity index (χ2n) is 11.1. The first-order valence-corrected chi connectivity index (χ1v) is 15.6. The molecule has 2 N–H and O–H groups in total. The van der Waals surface area contributed by atoms with Crippen molar-refractivity contribution in [2.75, 3.05) is 24.2 Å². The van der Waals surface area contributed by atoms with Gasteiger partial charge in [-0.2, -0.15) is 4.98 Å². The number of nitrogens with zero attached hydrogens (tertiary/aromatic N) is 5. The highest BCUT2D eigenvalue weighted by atomic mass is 35.5. The third kappa shape index (κ3) is 5.40. The van der Waals surface area contributed by atoms with Crippen LogP contribution in [0.15, 0.2) is 58.9 Å². The Morgan fingerprint density at radius 2 is 2.00 bits per heavy atom. The first-order valence-electron chi connectivity index (χ1n) is 14.0. The van der Waals surface area contributed by atoms with E-state index < -0.39 is 11.5 Å². The lowest BCUT2D eigenvalue weighted by molar-refractivity contribution is -0.128. The average molecular weight is 625 g/mol. The van der Waals surface area contributed by atoms with Gasteiger partial charge in [0, 0.05) is 30.1 Å². The van der Waals surface area contributed by atoms with Crippen LogP contribution in [0, 0.1) is 11.7 Å². The number of phenolic OH excluding ortho intramolecular Hbond substituents is 1. The van der Waals surface area contributed by atoms with Gasteiger partial charge in [0.15, 0.2) is 5.65 Å². The molecule has 0 aliphatic carbocycles. The number of dihydropyridines is 1. The van der Waals surface area contributed by atoms with Crippen LogP contribution in [0.4, 0.5) is 10.2 Å². The second-order valence-corrected chi connectivity index (χ2v) is 12.4. The Bertz CT molecular complexity index is 1720. The number of thioether (sulfide) groups is 1. The van der Waals surface area contributed by atoms with Gasteiger partial charge in [-0.1, -0.05) is 38.1 Å². The number of allylic oxidation sites excluding steroid dienone is 1. The van der Waals surface area contributed by atoms with Gasteiger partial charge in [-0.05, 0) is 62.6 Å². The van der Waals surface area contributed by atoms with E-state index in [1.807, 2.05) is 51.1 Å². The largest absolute Gasteiger partial charge is 0.507 e. The van der Waals surface area contributed by atoms with Crippen molar-refractivity contribution in [1.29, 1.82) is 0 Å². The standard InChI is InChI=1S/C31H34ClFN6O3S/c1-7-24(41)37-14-18(5)38(15-17(37)4)29-19-13-20(32)27(25-21(33)9-8-10-22(25)40)35-30(19)39(31(42)36-29)28-23(43-6)11-12-34-26(28)16(2)3/h7-13,16-18,26,34,40H,1,14-15H2,2-6H3/t17-,18+,26+/m1/s1. The molecule has 3 atom stereocenters. The summed E-state index contributed by atoms with van der Waals surface area (Å²) in [5.41, 5.74) is 0.178. The van der Waals surface area contributed by atoms with Crippen LogP contribution in [-0.4, -0.2) is 67.9 Å². The highest BCUT2D eigenvalue weighted by Crippen LogP contribution is 2.40. The summed E-state index contributed by atoms with van der Waals surface area (Å²) in [6.07, 6.45) is 6.98. The molecule has 12 heteroatoms. The van der Waals surface area contributed by atoms with Crippen molar-refractivity contribution in [3.8, 4) is 17.0 Å². The van der Waals surface area contributed by atoms with Crippen LogP contribution in [0.25, 0.3) is 28.0 Å². The van der Waals surface area contributed by atoms with E-state index in [2.05, 4.69) is 16.9 Å². The number of hydrogen-bond donors (Lipinski definition) is 2. The Morgan fingerprint density at radius 3 is 2.65 bits per heavy atom. The zero-order valence-corrected chi connectivity index (χ0v) is 26.2. The summed E-state index contributed by atoms with van der Waals surface area (Å²) in [6, 6.07) is 4.94. The molecule has 1 aromatic carbocycles. The van der Waals surface area contributed by atoms with Gasteiger partial charge in [0.25, 0.3) is 0 Å². The van der Waals surface area contributed by atoms with Crippen molar-refractivity contribution >= 4 is 51.8 Å². The number of piperazine rings is 1. The van der Waals surface area contributed by atoms with E-state index in [1.54, 1.807) is 11.0 Å². The van der Waals surface area contributed by atoms with Crippen LogP contribution in [0.5, 0.6) is 5.75 Å². The first kappa shape index (κ1) is 30.6. The number of amides is 1. The maximum absolute atomic E-state index is 15.1. The summed E-state index contributed by atoms with van der Waals surface area (Å²) in [5.74, 6) is -0.739. The average Bonchev–Trinajstić information content (AvgIpc) is 2.97. The molecule has 4 heterocycles. The summed E-state index contributed by atoms with van der Waals surface area (Å²) < 4.78 is 16.6. The quantitative estimate of drug-likeness (QED) is 0.359. The minimum absolute atomic E-state index is 0.00425. The van der Waals surface area contributed by atoms with Crippen molar-refractivity contribution in [3.05, 3.63) is 75.4 Å². The number of fused-ring (bicyclic) bond motifs is 1. The Morgan fingerprint density at radius 1 is 1.26 bits per heavy atom. The SMILES string of the molecule is C=CC(=O)N1C[C@H](C)N(c2nc(=O)n(C3=C(SC)C=CN[C@H]3C(C)C)c3nc(-c4c(O)cccc4F)c(Cl)cc23)C[C@H]1C. The highest BCUT2D eigenvalue weighted by molar-refractivity contribution is 8.02. The first-order chi connectivity index (χ1) is 20.5. The van der Waals surface area contributed by atoms with Crippen LogP contribution in [0.2, 0.25) is 5.02 Å². The van der Waals surface area contributed by atoms with Crippen LogP contribution in [-0.2, 0) is 4.79 Å². The molecule has 2 aromatic heterocycles. The molecule has 0 spiro atoms. The van der Waals surface area contributed by atoms with E-state index in [-0.39, 0.29) is 57.6 Å². The van der Waals surface area contributed by atoms with Crippen molar-refractivity contribution < 1.29 is 14.3 Å². The van der Waals surface area contributed by atoms with Crippen molar-refractivity contribution in [2.24, 2.45) is 5.92 Å². The van der Waals surface area contributed by atoms with Gasteiger partial charge in [0.05, 0.1) is 33.4 Å². The van der Waals surface area contributed by atoms with Gasteiger partial charge < -0.3 is 20.2 Å². The van der Waals surface area contributed by atoms with Crippen LogP contribution in [0.1, 0.15) is 27.7 Å². The molecule has 1 amide bonds. The number of phenols is 1. The lowest BCUT2D eigenvalue weighted by atomic mass is 9.98. The highest BCUT2D eigenvalue weighted by Gasteiger charge is 2.35. The molecule has 43 heavy (non-hydrogen) atoms. The van der Waals surface area contributed by atoms with E-state index in [1.165, 1.54) is 40.6 Å². The predicted molar refractivity (Wildman–Crippen MR) is 172 cm³/mol. The smallest absolute Gasteiger partial charge is 0.355 e. The number of carbonyl (C=O) groups is 1. The molecule has 2 aliphatic heterocycles.